The third-order valence-electron chi connectivity index (χ3n) is 3.75. The molecule has 0 spiro atoms. The van der Waals surface area contributed by atoms with Gasteiger partial charge in [-0.1, -0.05) is 56.9 Å². The second-order valence-electron chi connectivity index (χ2n) is 6.07. The molecule has 0 atom stereocenters. The van der Waals surface area contributed by atoms with Crippen LogP contribution in [0.25, 0.3) is 0 Å². The highest BCUT2D eigenvalue weighted by Crippen LogP contribution is 2.07. The van der Waals surface area contributed by atoms with Crippen molar-refractivity contribution in [3.63, 3.8) is 0 Å². The number of carboxylic acids is 1. The molecule has 0 aliphatic heterocycles. The fourth-order valence-corrected chi connectivity index (χ4v) is 2.32. The van der Waals surface area contributed by atoms with Crippen molar-refractivity contribution in [2.75, 3.05) is 0 Å². The van der Waals surface area contributed by atoms with Crippen LogP contribution in [0.3, 0.4) is 0 Å². The molecule has 0 aliphatic rings. The van der Waals surface area contributed by atoms with Crippen LogP contribution in [0.4, 0.5) is 0 Å². The number of carbonyl (C=O) groups excluding carboxylic acids is 1. The summed E-state index contributed by atoms with van der Waals surface area (Å²) in [5.74, 6) is -0.388. The van der Waals surface area contributed by atoms with Gasteiger partial charge < -0.3 is 5.11 Å². The Balaban J connectivity index is 3.37. The Hall–Kier alpha value is -1.38. The molecule has 0 heterocycles. The molecule has 0 aromatic rings. The van der Waals surface area contributed by atoms with E-state index in [4.69, 9.17) is 5.11 Å². The van der Waals surface area contributed by atoms with E-state index in [1.54, 1.807) is 0 Å². The van der Waals surface area contributed by atoms with Crippen LogP contribution in [-0.2, 0) is 9.59 Å². The highest BCUT2D eigenvalue weighted by atomic mass is 16.4. The summed E-state index contributed by atoms with van der Waals surface area (Å²) in [6.07, 6.45) is 20.5. The lowest BCUT2D eigenvalue weighted by atomic mass is 10.1. The Morgan fingerprint density at radius 3 is 2.04 bits per heavy atom. The van der Waals surface area contributed by atoms with Crippen LogP contribution in [0.5, 0.6) is 0 Å². The molecule has 0 saturated heterocycles. The molecule has 0 aromatic heterocycles. The van der Waals surface area contributed by atoms with Gasteiger partial charge in [-0.2, -0.15) is 0 Å². The van der Waals surface area contributed by atoms with Gasteiger partial charge >= 0.3 is 5.97 Å². The summed E-state index contributed by atoms with van der Waals surface area (Å²) < 4.78 is 0. The zero-order chi connectivity index (χ0) is 17.2. The molecule has 0 unspecified atom stereocenters. The number of Topliss-reactive ketones (excluding diaryl/α,β-unsaturated/α-hetero) is 1. The fraction of sp³-hybridized carbons (Fsp3) is 0.700. The number of carbonyl (C=O) groups is 2. The van der Waals surface area contributed by atoms with Crippen molar-refractivity contribution in [2.45, 2.75) is 90.4 Å². The Labute approximate surface area is 141 Å². The summed E-state index contributed by atoms with van der Waals surface area (Å²) in [4.78, 5) is 22.0. The van der Waals surface area contributed by atoms with Crippen LogP contribution in [0, 0.1) is 0 Å². The third kappa shape index (κ3) is 18.6. The van der Waals surface area contributed by atoms with Crippen molar-refractivity contribution < 1.29 is 14.7 Å². The van der Waals surface area contributed by atoms with Crippen LogP contribution in [-0.4, -0.2) is 16.9 Å². The quantitative estimate of drug-likeness (QED) is 0.287. The van der Waals surface area contributed by atoms with E-state index in [1.165, 1.54) is 19.3 Å². The van der Waals surface area contributed by atoms with Gasteiger partial charge in [0.25, 0.3) is 0 Å². The lowest BCUT2D eigenvalue weighted by molar-refractivity contribution is -0.137. The first-order valence-corrected chi connectivity index (χ1v) is 9.20. The molecular formula is C20H34O3. The molecular weight excluding hydrogens is 288 g/mol. The molecule has 1 N–H and O–H groups in total. The maximum absolute atomic E-state index is 11.7. The normalized spacial score (nSPS) is 11.5. The standard InChI is InChI=1S/C20H34O3/c1-2-3-4-5-10-13-16-19(21)17-14-11-8-6-7-9-12-15-18-20(22)23/h8,10-11,13H,2-7,9,12,14-18H2,1H3,(H,22,23)/b11-8-,13-10-. The summed E-state index contributed by atoms with van der Waals surface area (Å²) in [5, 5.41) is 8.52. The lowest BCUT2D eigenvalue weighted by Gasteiger charge is -1.97. The van der Waals surface area contributed by atoms with Gasteiger partial charge in [0.15, 0.2) is 0 Å². The Morgan fingerprint density at radius 2 is 1.35 bits per heavy atom. The first-order valence-electron chi connectivity index (χ1n) is 9.20. The lowest BCUT2D eigenvalue weighted by Crippen LogP contribution is -1.94. The molecule has 0 rings (SSSR count). The summed E-state index contributed by atoms with van der Waals surface area (Å²) in [5.41, 5.74) is 0. The van der Waals surface area contributed by atoms with E-state index >= 15 is 0 Å². The predicted molar refractivity (Wildman–Crippen MR) is 96.6 cm³/mol. The van der Waals surface area contributed by atoms with Crippen molar-refractivity contribution >= 4 is 11.8 Å². The average molecular weight is 322 g/mol. The predicted octanol–water partition coefficient (Wildman–Crippen LogP) is 5.84. The van der Waals surface area contributed by atoms with E-state index < -0.39 is 5.97 Å². The smallest absolute Gasteiger partial charge is 0.303 e. The van der Waals surface area contributed by atoms with Gasteiger partial charge in [0, 0.05) is 19.3 Å². The van der Waals surface area contributed by atoms with Crippen LogP contribution < -0.4 is 0 Å². The SMILES string of the molecule is CCCCC/C=C\CC(=O)CC/C=C\CCCCCCC(=O)O. The number of hydrogen-bond acceptors (Lipinski definition) is 2. The molecule has 0 amide bonds. The van der Waals surface area contributed by atoms with Crippen molar-refractivity contribution in [1.82, 2.24) is 0 Å². The van der Waals surface area contributed by atoms with Gasteiger partial charge in [-0.15, -0.1) is 0 Å². The molecule has 0 aliphatic carbocycles. The summed E-state index contributed by atoms with van der Waals surface area (Å²) in [6, 6.07) is 0. The summed E-state index contributed by atoms with van der Waals surface area (Å²) in [7, 11) is 0. The number of hydrogen-bond donors (Lipinski definition) is 1. The number of unbranched alkanes of at least 4 members (excludes halogenated alkanes) is 7. The maximum atomic E-state index is 11.7. The van der Waals surface area contributed by atoms with Crippen molar-refractivity contribution in [2.24, 2.45) is 0 Å². The van der Waals surface area contributed by atoms with E-state index in [1.807, 2.05) is 6.08 Å². The largest absolute Gasteiger partial charge is 0.481 e. The first-order chi connectivity index (χ1) is 11.2. The topological polar surface area (TPSA) is 54.4 Å². The molecule has 3 nitrogen and oxygen atoms in total. The second-order valence-corrected chi connectivity index (χ2v) is 6.07. The van der Waals surface area contributed by atoms with Gasteiger partial charge in [0.05, 0.1) is 0 Å². The van der Waals surface area contributed by atoms with Crippen LogP contribution in [0.2, 0.25) is 0 Å². The number of carboxylic acid groups (broad SMARTS) is 1. The first kappa shape index (κ1) is 21.6. The van der Waals surface area contributed by atoms with E-state index in [0.29, 0.717) is 18.6 Å². The minimum Gasteiger partial charge on any atom is -0.481 e. The molecule has 0 fully saturated rings. The van der Waals surface area contributed by atoms with Gasteiger partial charge in [-0.25, -0.2) is 0 Å². The van der Waals surface area contributed by atoms with Crippen LogP contribution >= 0.6 is 0 Å². The molecule has 0 radical (unpaired) electrons. The molecule has 0 bridgehead atoms. The highest BCUT2D eigenvalue weighted by molar-refractivity contribution is 5.79. The fourth-order valence-electron chi connectivity index (χ4n) is 2.32. The third-order valence-corrected chi connectivity index (χ3v) is 3.75. The minimum absolute atomic E-state index is 0.283. The molecule has 0 saturated carbocycles. The number of aliphatic carboxylic acids is 1. The molecule has 3 heteroatoms. The van der Waals surface area contributed by atoms with Gasteiger partial charge in [0.2, 0.25) is 0 Å². The Morgan fingerprint density at radius 1 is 0.739 bits per heavy atom. The number of rotatable bonds is 16. The van der Waals surface area contributed by atoms with Crippen molar-refractivity contribution in [3.05, 3.63) is 24.3 Å². The zero-order valence-electron chi connectivity index (χ0n) is 14.8. The summed E-state index contributed by atoms with van der Waals surface area (Å²) >= 11 is 0. The Bertz CT molecular complexity index is 356. The van der Waals surface area contributed by atoms with Crippen LogP contribution in [0.1, 0.15) is 90.4 Å². The van der Waals surface area contributed by atoms with E-state index in [0.717, 1.165) is 44.9 Å². The maximum Gasteiger partial charge on any atom is 0.303 e. The number of allylic oxidation sites excluding steroid dienone is 4. The molecule has 132 valence electrons. The van der Waals surface area contributed by atoms with E-state index in [2.05, 4.69) is 25.2 Å². The molecule has 23 heavy (non-hydrogen) atoms. The van der Waals surface area contributed by atoms with Gasteiger partial charge in [-0.3, -0.25) is 9.59 Å². The van der Waals surface area contributed by atoms with Crippen molar-refractivity contribution in [1.29, 1.82) is 0 Å². The molecule has 0 aromatic carbocycles. The van der Waals surface area contributed by atoms with Crippen molar-refractivity contribution in [3.8, 4) is 0 Å². The van der Waals surface area contributed by atoms with Gasteiger partial charge in [0.1, 0.15) is 5.78 Å². The zero-order valence-corrected chi connectivity index (χ0v) is 14.8. The van der Waals surface area contributed by atoms with E-state index in [9.17, 15) is 9.59 Å². The van der Waals surface area contributed by atoms with E-state index in [-0.39, 0.29) is 6.42 Å². The van der Waals surface area contributed by atoms with Crippen LogP contribution in [0.15, 0.2) is 24.3 Å². The second kappa shape index (κ2) is 17.0. The number of ketones is 1. The minimum atomic E-state index is -0.703. The Kier molecular flexibility index (Phi) is 16.0. The summed E-state index contributed by atoms with van der Waals surface area (Å²) in [6.45, 7) is 2.19. The monoisotopic (exact) mass is 322 g/mol. The highest BCUT2D eigenvalue weighted by Gasteiger charge is 1.97. The average Bonchev–Trinajstić information content (AvgIpc) is 2.52. The van der Waals surface area contributed by atoms with Gasteiger partial charge in [-0.05, 0) is 38.5 Å².